The van der Waals surface area contributed by atoms with Gasteiger partial charge < -0.3 is 24.2 Å². The van der Waals surface area contributed by atoms with Crippen molar-refractivity contribution in [2.24, 2.45) is 0 Å². The van der Waals surface area contributed by atoms with Crippen LogP contribution >= 0.6 is 23.4 Å². The van der Waals surface area contributed by atoms with Crippen LogP contribution < -0.4 is 4.74 Å². The van der Waals surface area contributed by atoms with Gasteiger partial charge in [-0.2, -0.15) is 0 Å². The Kier molecular flexibility index (Phi) is 11.5. The van der Waals surface area contributed by atoms with Gasteiger partial charge >= 0.3 is 6.09 Å². The molecule has 0 aliphatic heterocycles. The van der Waals surface area contributed by atoms with Crippen molar-refractivity contribution < 1.29 is 28.9 Å². The molecule has 0 aliphatic carbocycles. The summed E-state index contributed by atoms with van der Waals surface area (Å²) >= 11 is 7.53. The summed E-state index contributed by atoms with van der Waals surface area (Å²) in [7, 11) is 1.52. The minimum Gasteiger partial charge on any atom is -0.467 e. The number of benzene rings is 3. The van der Waals surface area contributed by atoms with Crippen molar-refractivity contribution in [3.8, 4) is 5.75 Å². The Morgan fingerprint density at radius 1 is 1.10 bits per heavy atom. The largest absolute Gasteiger partial charge is 0.467 e. The molecule has 3 aromatic rings. The summed E-state index contributed by atoms with van der Waals surface area (Å²) in [4.78, 5) is 28.1. The summed E-state index contributed by atoms with van der Waals surface area (Å²) in [6.07, 6.45) is -0.489. The minimum absolute atomic E-state index is 0.0579. The van der Waals surface area contributed by atoms with Crippen molar-refractivity contribution in [3.63, 3.8) is 0 Å². The van der Waals surface area contributed by atoms with E-state index in [1.54, 1.807) is 30.3 Å². The highest BCUT2D eigenvalue weighted by atomic mass is 35.5. The van der Waals surface area contributed by atoms with Gasteiger partial charge in [0.05, 0.1) is 18.2 Å². The molecule has 0 radical (unpaired) electrons. The van der Waals surface area contributed by atoms with E-state index >= 15 is 0 Å². The van der Waals surface area contributed by atoms with Crippen molar-refractivity contribution in [2.45, 2.75) is 61.7 Å². The Morgan fingerprint density at radius 3 is 2.42 bits per heavy atom. The summed E-state index contributed by atoms with van der Waals surface area (Å²) in [5, 5.41) is 11.3. The van der Waals surface area contributed by atoms with Crippen molar-refractivity contribution >= 4 is 35.7 Å². The summed E-state index contributed by atoms with van der Waals surface area (Å²) < 4.78 is 16.2. The zero-order valence-corrected chi connectivity index (χ0v) is 25.0. The lowest BCUT2D eigenvalue weighted by Gasteiger charge is -2.37. The van der Waals surface area contributed by atoms with Crippen LogP contribution in [0.5, 0.6) is 5.75 Å². The molecule has 0 spiro atoms. The van der Waals surface area contributed by atoms with Gasteiger partial charge in [0, 0.05) is 33.9 Å². The molecule has 1 amide bonds. The molecule has 40 heavy (non-hydrogen) atoms. The molecule has 3 aromatic carbocycles. The smallest absolute Gasteiger partial charge is 0.410 e. The monoisotopic (exact) mass is 585 g/mol. The molecule has 3 rings (SSSR count). The molecule has 9 heteroatoms. The molecule has 2 atom stereocenters. The molecule has 7 nitrogen and oxygen atoms in total. The first-order valence-corrected chi connectivity index (χ1v) is 14.1. The highest BCUT2D eigenvalue weighted by Crippen LogP contribution is 2.34. The quantitative estimate of drug-likeness (QED) is 0.178. The van der Waals surface area contributed by atoms with Crippen molar-refractivity contribution in [1.82, 2.24) is 4.90 Å². The molecular formula is C31H36ClNO6S. The van der Waals surface area contributed by atoms with E-state index in [-0.39, 0.29) is 13.3 Å². The fraction of sp³-hybridized carbons (Fsp3) is 0.355. The number of aliphatic hydroxyl groups excluding tert-OH is 1. The summed E-state index contributed by atoms with van der Waals surface area (Å²) in [5.41, 5.74) is 1.54. The molecule has 1 N–H and O–H groups in total. The molecule has 0 bridgehead atoms. The van der Waals surface area contributed by atoms with Crippen LogP contribution in [0, 0.1) is 0 Å². The number of aliphatic hydroxyl groups is 1. The first-order valence-electron chi connectivity index (χ1n) is 12.9. The Bertz CT molecular complexity index is 1280. The number of β-amino-alcohol motifs (C(OH)–C–C–N with tert-alkyl or cyclic N) is 1. The second kappa shape index (κ2) is 14.6. The van der Waals surface area contributed by atoms with Crippen LogP contribution in [0.1, 0.15) is 55.3 Å². The van der Waals surface area contributed by atoms with E-state index in [9.17, 15) is 14.7 Å². The van der Waals surface area contributed by atoms with Gasteiger partial charge in [0.25, 0.3) is 0 Å². The maximum Gasteiger partial charge on any atom is 0.410 e. The molecule has 0 saturated heterocycles. The normalized spacial score (nSPS) is 12.9. The first-order chi connectivity index (χ1) is 19.0. The third-order valence-corrected chi connectivity index (χ3v) is 7.39. The number of hydrogen-bond acceptors (Lipinski definition) is 7. The number of nitrogens with zero attached hydrogens (tertiary/aromatic N) is 1. The summed E-state index contributed by atoms with van der Waals surface area (Å²) in [6.45, 7) is 7.67. The first kappa shape index (κ1) is 31.5. The van der Waals surface area contributed by atoms with Gasteiger partial charge in [0.1, 0.15) is 11.9 Å². The molecule has 0 saturated carbocycles. The van der Waals surface area contributed by atoms with Gasteiger partial charge in [0.15, 0.2) is 13.1 Å². The fourth-order valence-electron chi connectivity index (χ4n) is 4.02. The number of methoxy groups -OCH3 is 1. The summed E-state index contributed by atoms with van der Waals surface area (Å²) in [6, 6.07) is 20.3. The average Bonchev–Trinajstić information content (AvgIpc) is 2.90. The second-order valence-electron chi connectivity index (χ2n) is 10.3. The topological polar surface area (TPSA) is 85.3 Å². The van der Waals surface area contributed by atoms with Crippen LogP contribution in [0.15, 0.2) is 76.5 Å². The summed E-state index contributed by atoms with van der Waals surface area (Å²) in [5.74, 6) is 0.471. The van der Waals surface area contributed by atoms with Crippen LogP contribution in [0.4, 0.5) is 4.79 Å². The average molecular weight is 586 g/mol. The predicted octanol–water partition coefficient (Wildman–Crippen LogP) is 7.19. The number of carbonyl (C=O) groups is 2. The molecule has 0 unspecified atom stereocenters. The molecule has 0 aromatic heterocycles. The van der Waals surface area contributed by atoms with Crippen LogP contribution in [0.25, 0.3) is 0 Å². The van der Waals surface area contributed by atoms with Gasteiger partial charge in [-0.05, 0) is 75.2 Å². The molecule has 0 aliphatic rings. The van der Waals surface area contributed by atoms with Gasteiger partial charge in [0.2, 0.25) is 0 Å². The Hall–Kier alpha value is -3.04. The van der Waals surface area contributed by atoms with E-state index in [1.807, 2.05) is 64.1 Å². The number of hydrogen-bond donors (Lipinski definition) is 1. The number of halogens is 1. The minimum atomic E-state index is -0.905. The SMILES string of the molecule is COCOc1cccc(Sc2ccc(C[C@@H](C)OC(=O)N(C[C@H](O)c3cccc(Cl)c3)C(C)(C)C)cc2)c1C=O. The van der Waals surface area contributed by atoms with E-state index in [4.69, 9.17) is 25.8 Å². The van der Waals surface area contributed by atoms with Crippen LogP contribution in [-0.4, -0.2) is 54.5 Å². The van der Waals surface area contributed by atoms with Gasteiger partial charge in [-0.1, -0.05) is 53.7 Å². The molecule has 214 valence electrons. The van der Waals surface area contributed by atoms with Gasteiger partial charge in [-0.25, -0.2) is 4.79 Å². The van der Waals surface area contributed by atoms with E-state index in [0.29, 0.717) is 28.3 Å². The number of rotatable bonds is 12. The number of aldehydes is 1. The lowest BCUT2D eigenvalue weighted by molar-refractivity contribution is 0.0198. The van der Waals surface area contributed by atoms with E-state index in [0.717, 1.165) is 21.6 Å². The maximum absolute atomic E-state index is 13.2. The third-order valence-electron chi connectivity index (χ3n) is 6.07. The maximum atomic E-state index is 13.2. The standard InChI is InChI=1S/C31H36ClNO6S/c1-21(39-30(36)33(31(2,3)4)18-27(35)23-8-6-9-24(32)17-23)16-22-12-14-25(15-13-22)40-29-11-7-10-28(26(29)19-34)38-20-37-5/h6-15,17,19,21,27,35H,16,18,20H2,1-5H3/t21-,27+/m1/s1. The van der Waals surface area contributed by atoms with Gasteiger partial charge in [-0.3, -0.25) is 4.79 Å². The second-order valence-corrected chi connectivity index (χ2v) is 11.9. The van der Waals surface area contributed by atoms with E-state index < -0.39 is 23.8 Å². The number of ether oxygens (including phenoxy) is 3. The van der Waals surface area contributed by atoms with Crippen molar-refractivity contribution in [2.75, 3.05) is 20.4 Å². The highest BCUT2D eigenvalue weighted by molar-refractivity contribution is 7.99. The Labute approximate surface area is 245 Å². The Morgan fingerprint density at radius 2 is 1.80 bits per heavy atom. The van der Waals surface area contributed by atoms with E-state index in [1.165, 1.54) is 23.8 Å². The molecule has 0 heterocycles. The molecule has 0 fully saturated rings. The highest BCUT2D eigenvalue weighted by Gasteiger charge is 2.31. The Balaban J connectivity index is 1.62. The third kappa shape index (κ3) is 8.99. The zero-order chi connectivity index (χ0) is 29.3. The predicted molar refractivity (Wildman–Crippen MR) is 157 cm³/mol. The van der Waals surface area contributed by atoms with Crippen LogP contribution in [0.2, 0.25) is 5.02 Å². The van der Waals surface area contributed by atoms with Crippen LogP contribution in [-0.2, 0) is 15.9 Å². The number of carbonyl (C=O) groups excluding carboxylic acids is 2. The zero-order valence-electron chi connectivity index (χ0n) is 23.4. The van der Waals surface area contributed by atoms with Crippen molar-refractivity contribution in [1.29, 1.82) is 0 Å². The fourth-order valence-corrected chi connectivity index (χ4v) is 5.15. The van der Waals surface area contributed by atoms with Gasteiger partial charge in [-0.15, -0.1) is 0 Å². The van der Waals surface area contributed by atoms with Crippen LogP contribution in [0.3, 0.4) is 0 Å². The van der Waals surface area contributed by atoms with Crippen molar-refractivity contribution in [3.05, 3.63) is 88.4 Å². The lowest BCUT2D eigenvalue weighted by atomic mass is 10.0. The number of amides is 1. The molecular weight excluding hydrogens is 550 g/mol. The van der Waals surface area contributed by atoms with E-state index in [2.05, 4.69) is 0 Å². The lowest BCUT2D eigenvalue weighted by Crippen LogP contribution is -2.48.